The number of methoxy groups -OCH3 is 1. The summed E-state index contributed by atoms with van der Waals surface area (Å²) >= 11 is 0. The average molecular weight is 382 g/mol. The molecule has 6 heteroatoms. The molecule has 0 radical (unpaired) electrons. The molecule has 2 aliphatic rings. The Kier molecular flexibility index (Phi) is 5.48. The van der Waals surface area contributed by atoms with Crippen LogP contribution in [0.1, 0.15) is 41.3 Å². The van der Waals surface area contributed by atoms with Gasteiger partial charge in [-0.1, -0.05) is 12.1 Å². The summed E-state index contributed by atoms with van der Waals surface area (Å²) in [5.41, 5.74) is 3.25. The van der Waals surface area contributed by atoms with Gasteiger partial charge in [0.25, 0.3) is 0 Å². The third-order valence-corrected chi connectivity index (χ3v) is 5.28. The molecule has 1 saturated carbocycles. The number of aryl methyl sites for hydroxylation is 1. The largest absolute Gasteiger partial charge is 0.493 e. The summed E-state index contributed by atoms with van der Waals surface area (Å²) < 4.78 is 16.5. The molecule has 4 rings (SSSR count). The van der Waals surface area contributed by atoms with E-state index in [-0.39, 0.29) is 12.0 Å². The Labute approximate surface area is 164 Å². The lowest BCUT2D eigenvalue weighted by Gasteiger charge is -2.24. The second-order valence-electron chi connectivity index (χ2n) is 7.44. The Morgan fingerprint density at radius 2 is 2.21 bits per heavy atom. The zero-order valence-corrected chi connectivity index (χ0v) is 16.4. The van der Waals surface area contributed by atoms with Crippen LogP contribution >= 0.6 is 0 Å². The number of nitrogens with zero attached hydrogens (tertiary/aromatic N) is 1. The van der Waals surface area contributed by atoms with Crippen molar-refractivity contribution in [2.24, 2.45) is 5.92 Å². The van der Waals surface area contributed by atoms with Gasteiger partial charge >= 0.3 is 5.97 Å². The topological polar surface area (TPSA) is 73.6 Å². The summed E-state index contributed by atoms with van der Waals surface area (Å²) in [6.45, 7) is 3.11. The van der Waals surface area contributed by atoms with Crippen molar-refractivity contribution in [3.05, 3.63) is 52.7 Å². The van der Waals surface area contributed by atoms with Gasteiger partial charge in [-0.2, -0.15) is 0 Å². The fraction of sp³-hybridized carbons (Fsp3) is 0.455. The van der Waals surface area contributed by atoms with Gasteiger partial charge < -0.3 is 19.2 Å². The number of fused-ring (bicyclic) bond motifs is 1. The third kappa shape index (κ3) is 4.44. The number of rotatable bonds is 7. The molecule has 0 bridgehead atoms. The molecule has 1 aromatic carbocycles. The average Bonchev–Trinajstić information content (AvgIpc) is 3.48. The first-order valence-corrected chi connectivity index (χ1v) is 9.82. The minimum absolute atomic E-state index is 0.222. The first-order chi connectivity index (χ1) is 13.6. The van der Waals surface area contributed by atoms with E-state index < -0.39 is 0 Å². The first-order valence-electron chi connectivity index (χ1n) is 9.82. The molecule has 6 nitrogen and oxygen atoms in total. The number of allylic oxidation sites excluding steroid dienone is 1. The van der Waals surface area contributed by atoms with E-state index in [4.69, 9.17) is 13.9 Å². The van der Waals surface area contributed by atoms with Crippen LogP contribution < -0.4 is 10.1 Å². The number of benzene rings is 1. The van der Waals surface area contributed by atoms with Crippen LogP contribution in [0.5, 0.6) is 5.75 Å². The number of ether oxygens (including phenoxy) is 2. The summed E-state index contributed by atoms with van der Waals surface area (Å²) in [5, 5.41) is 3.21. The number of carbonyl (C=O) groups is 1. The van der Waals surface area contributed by atoms with E-state index in [9.17, 15) is 4.79 Å². The molecule has 2 heterocycles. The highest BCUT2D eigenvalue weighted by molar-refractivity contribution is 5.76. The van der Waals surface area contributed by atoms with Crippen molar-refractivity contribution in [2.75, 3.05) is 13.7 Å². The van der Waals surface area contributed by atoms with Gasteiger partial charge in [-0.25, -0.2) is 4.98 Å². The maximum Gasteiger partial charge on any atom is 0.323 e. The van der Waals surface area contributed by atoms with E-state index in [1.54, 1.807) is 0 Å². The number of esters is 1. The number of oxazole rings is 1. The quantitative estimate of drug-likeness (QED) is 0.742. The standard InChI is InChI=1S/C22H26N2O4/c1-14-19(24-21(28-14)8-5-15-3-4-15)9-10-27-18-7-6-16-12-20(22(25)26-2)23-13-17(16)11-18/h5-8,11,15,20,23H,3-4,9-10,12-13H2,1-2H3/b8-5+/t20-/m0/s1. The Morgan fingerprint density at radius 1 is 1.36 bits per heavy atom. The van der Waals surface area contributed by atoms with Gasteiger partial charge in [0.05, 0.1) is 19.4 Å². The number of nitrogens with one attached hydrogen (secondary N) is 1. The van der Waals surface area contributed by atoms with Gasteiger partial charge in [-0.3, -0.25) is 4.79 Å². The van der Waals surface area contributed by atoms with Gasteiger partial charge in [0.1, 0.15) is 17.6 Å². The van der Waals surface area contributed by atoms with E-state index in [1.165, 1.54) is 20.0 Å². The molecule has 148 valence electrons. The van der Waals surface area contributed by atoms with Crippen molar-refractivity contribution in [3.8, 4) is 5.75 Å². The summed E-state index contributed by atoms with van der Waals surface area (Å²) in [6, 6.07) is 5.75. The Bertz CT molecular complexity index is 883. The van der Waals surface area contributed by atoms with Crippen LogP contribution in [0.3, 0.4) is 0 Å². The molecule has 0 spiro atoms. The van der Waals surface area contributed by atoms with E-state index in [0.717, 1.165) is 28.3 Å². The molecule has 28 heavy (non-hydrogen) atoms. The number of aromatic nitrogens is 1. The van der Waals surface area contributed by atoms with Crippen molar-refractivity contribution in [2.45, 2.75) is 45.2 Å². The molecule has 0 saturated heterocycles. The fourth-order valence-electron chi connectivity index (χ4n) is 3.42. The third-order valence-electron chi connectivity index (χ3n) is 5.28. The normalized spacial score (nSPS) is 18.9. The van der Waals surface area contributed by atoms with E-state index in [1.807, 2.05) is 31.2 Å². The molecule has 1 atom stereocenters. The molecule has 1 fully saturated rings. The highest BCUT2D eigenvalue weighted by atomic mass is 16.5. The van der Waals surface area contributed by atoms with Crippen LogP contribution in [0.2, 0.25) is 0 Å². The van der Waals surface area contributed by atoms with Crippen LogP contribution in [0.15, 0.2) is 28.7 Å². The van der Waals surface area contributed by atoms with Crippen LogP contribution in [-0.2, 0) is 28.9 Å². The molecular formula is C22H26N2O4. The highest BCUT2D eigenvalue weighted by Crippen LogP contribution is 2.31. The van der Waals surface area contributed by atoms with Crippen molar-refractivity contribution >= 4 is 12.0 Å². The minimum Gasteiger partial charge on any atom is -0.493 e. The van der Waals surface area contributed by atoms with Crippen molar-refractivity contribution in [1.82, 2.24) is 10.3 Å². The van der Waals surface area contributed by atoms with Gasteiger partial charge in [0.2, 0.25) is 5.89 Å². The lowest BCUT2D eigenvalue weighted by atomic mass is 9.95. The Morgan fingerprint density at radius 3 is 3.00 bits per heavy atom. The lowest BCUT2D eigenvalue weighted by molar-refractivity contribution is -0.143. The summed E-state index contributed by atoms with van der Waals surface area (Å²) in [6.07, 6.45) is 8.04. The summed E-state index contributed by atoms with van der Waals surface area (Å²) in [4.78, 5) is 16.3. The molecule has 1 aromatic heterocycles. The second kappa shape index (κ2) is 8.19. The van der Waals surface area contributed by atoms with Gasteiger partial charge in [-0.05, 0) is 61.4 Å². The molecule has 1 aliphatic carbocycles. The number of hydrogen-bond acceptors (Lipinski definition) is 6. The minimum atomic E-state index is -0.275. The molecule has 1 N–H and O–H groups in total. The second-order valence-corrected chi connectivity index (χ2v) is 7.44. The van der Waals surface area contributed by atoms with Crippen molar-refractivity contribution in [1.29, 1.82) is 0 Å². The maximum atomic E-state index is 11.7. The smallest absolute Gasteiger partial charge is 0.323 e. The lowest BCUT2D eigenvalue weighted by Crippen LogP contribution is -2.42. The van der Waals surface area contributed by atoms with Crippen LogP contribution in [0, 0.1) is 12.8 Å². The molecule has 2 aromatic rings. The van der Waals surface area contributed by atoms with E-state index in [0.29, 0.717) is 37.8 Å². The predicted molar refractivity (Wildman–Crippen MR) is 105 cm³/mol. The molecule has 1 aliphatic heterocycles. The zero-order valence-electron chi connectivity index (χ0n) is 16.4. The van der Waals surface area contributed by atoms with Crippen LogP contribution in [-0.4, -0.2) is 30.7 Å². The van der Waals surface area contributed by atoms with E-state index >= 15 is 0 Å². The summed E-state index contributed by atoms with van der Waals surface area (Å²) in [5.74, 6) is 2.84. The van der Waals surface area contributed by atoms with Crippen molar-refractivity contribution in [3.63, 3.8) is 0 Å². The predicted octanol–water partition coefficient (Wildman–Crippen LogP) is 3.22. The fourth-order valence-corrected chi connectivity index (χ4v) is 3.42. The first kappa shape index (κ1) is 18.7. The highest BCUT2D eigenvalue weighted by Gasteiger charge is 2.25. The van der Waals surface area contributed by atoms with Crippen molar-refractivity contribution < 1.29 is 18.7 Å². The van der Waals surface area contributed by atoms with E-state index in [2.05, 4.69) is 16.4 Å². The Hall–Kier alpha value is -2.60. The molecule has 0 amide bonds. The zero-order chi connectivity index (χ0) is 19.5. The van der Waals surface area contributed by atoms with Gasteiger partial charge in [-0.15, -0.1) is 0 Å². The SMILES string of the molecule is COC(=O)[C@@H]1Cc2ccc(OCCc3nc(/C=C/C4CC4)oc3C)cc2CN1. The van der Waals surface area contributed by atoms with Gasteiger partial charge in [0.15, 0.2) is 0 Å². The van der Waals surface area contributed by atoms with Crippen LogP contribution in [0.25, 0.3) is 6.08 Å². The molecular weight excluding hydrogens is 356 g/mol. The maximum absolute atomic E-state index is 11.7. The van der Waals surface area contributed by atoms with Crippen LogP contribution in [0.4, 0.5) is 0 Å². The summed E-state index contributed by atoms with van der Waals surface area (Å²) in [7, 11) is 1.42. The number of hydrogen-bond donors (Lipinski definition) is 1. The van der Waals surface area contributed by atoms with Gasteiger partial charge in [0, 0.05) is 13.0 Å². The molecule has 0 unspecified atom stereocenters. The Balaban J connectivity index is 1.31. The number of carbonyl (C=O) groups excluding carboxylic acids is 1. The monoisotopic (exact) mass is 382 g/mol.